The van der Waals surface area contributed by atoms with E-state index in [2.05, 4.69) is 41.2 Å². The fourth-order valence-electron chi connectivity index (χ4n) is 7.34. The number of nitrogens with two attached hydrogens (primary N) is 1. The van der Waals surface area contributed by atoms with Crippen LogP contribution in [0.2, 0.25) is 0 Å². The van der Waals surface area contributed by atoms with Crippen molar-refractivity contribution in [3.05, 3.63) is 96.3 Å². The minimum atomic E-state index is -1.04. The first-order chi connectivity index (χ1) is 31.1. The highest BCUT2D eigenvalue weighted by molar-refractivity contribution is 7.13. The second-order valence-corrected chi connectivity index (χ2v) is 17.7. The molecular weight excluding hydrogens is 851 g/mol. The van der Waals surface area contributed by atoms with Gasteiger partial charge in [-0.05, 0) is 47.7 Å². The second kappa shape index (κ2) is 20.2. The van der Waals surface area contributed by atoms with Gasteiger partial charge in [0.05, 0.1) is 34.6 Å². The zero-order chi connectivity index (χ0) is 46.3. The zero-order valence-electron chi connectivity index (χ0n) is 36.8. The second-order valence-electron chi connectivity index (χ2n) is 16.8. The summed E-state index contributed by atoms with van der Waals surface area (Å²) < 4.78 is 7.26. The van der Waals surface area contributed by atoms with Crippen molar-refractivity contribution in [2.45, 2.75) is 58.8 Å². The number of aryl methyl sites for hydroxylation is 1. The maximum absolute atomic E-state index is 14.0. The molecule has 5 heterocycles. The first kappa shape index (κ1) is 46.0. The molecule has 1 fully saturated rings. The number of thiazole rings is 1. The van der Waals surface area contributed by atoms with Crippen LogP contribution in [0.1, 0.15) is 38.4 Å². The SMILES string of the molecule is Cc1ncsc1-c1ccc(CNC(=O)[C@@H]2C[C@@H](O)CN2C(=O)[C@@H](NC(=O)COCC(=O)NCCN(C)c2ccc(Nc3nc(-c4cncc(N)n4)cn4ccnc34)cc2)C(C)(C)C)cc1. The molecule has 4 aromatic heterocycles. The number of anilines is 4. The van der Waals surface area contributed by atoms with E-state index in [1.807, 2.05) is 78.0 Å². The highest BCUT2D eigenvalue weighted by atomic mass is 32.1. The summed E-state index contributed by atoms with van der Waals surface area (Å²) in [4.78, 5) is 79.4. The number of nitrogen functional groups attached to an aromatic ring is 1. The van der Waals surface area contributed by atoms with Crippen molar-refractivity contribution in [2.75, 3.05) is 55.8 Å². The van der Waals surface area contributed by atoms with Gasteiger partial charge in [0.1, 0.15) is 42.5 Å². The van der Waals surface area contributed by atoms with Crippen LogP contribution in [-0.4, -0.2) is 121 Å². The Labute approximate surface area is 379 Å². The minimum Gasteiger partial charge on any atom is -0.391 e. The Morgan fingerprint density at radius 3 is 2.45 bits per heavy atom. The van der Waals surface area contributed by atoms with Crippen molar-refractivity contribution < 1.29 is 29.0 Å². The van der Waals surface area contributed by atoms with Crippen molar-refractivity contribution in [1.29, 1.82) is 0 Å². The number of likely N-dealkylation sites (N-methyl/N-ethyl adjacent to an activating group) is 1. The van der Waals surface area contributed by atoms with E-state index in [-0.39, 0.29) is 31.9 Å². The topological polar surface area (TPSA) is 247 Å². The highest BCUT2D eigenvalue weighted by Crippen LogP contribution is 2.29. The van der Waals surface area contributed by atoms with Crippen LogP contribution in [0.5, 0.6) is 0 Å². The predicted octanol–water partition coefficient (Wildman–Crippen LogP) is 3.32. The Morgan fingerprint density at radius 2 is 1.74 bits per heavy atom. The third-order valence-corrected chi connectivity index (χ3v) is 11.8. The Morgan fingerprint density at radius 1 is 0.985 bits per heavy atom. The summed E-state index contributed by atoms with van der Waals surface area (Å²) in [5.41, 5.74) is 13.2. The molecule has 0 aliphatic carbocycles. The maximum atomic E-state index is 14.0. The molecule has 7 rings (SSSR count). The summed E-state index contributed by atoms with van der Waals surface area (Å²) in [6.07, 6.45) is 7.53. The number of amides is 4. The maximum Gasteiger partial charge on any atom is 0.246 e. The van der Waals surface area contributed by atoms with Crippen molar-refractivity contribution in [3.63, 3.8) is 0 Å². The van der Waals surface area contributed by atoms with E-state index in [1.54, 1.807) is 56.2 Å². The summed E-state index contributed by atoms with van der Waals surface area (Å²) >= 11 is 1.56. The van der Waals surface area contributed by atoms with Crippen molar-refractivity contribution >= 4 is 63.6 Å². The number of aliphatic hydroxyl groups excluding tert-OH is 1. The van der Waals surface area contributed by atoms with E-state index < -0.39 is 53.8 Å². The lowest BCUT2D eigenvalue weighted by molar-refractivity contribution is -0.145. The molecule has 0 unspecified atom stereocenters. The van der Waals surface area contributed by atoms with Crippen LogP contribution in [0, 0.1) is 12.3 Å². The van der Waals surface area contributed by atoms with Crippen LogP contribution in [-0.2, 0) is 30.5 Å². The van der Waals surface area contributed by atoms with Gasteiger partial charge in [-0.2, -0.15) is 0 Å². The number of carbonyl (C=O) groups is 4. The van der Waals surface area contributed by atoms with Crippen molar-refractivity contribution in [3.8, 4) is 21.8 Å². The number of ether oxygens (including phenoxy) is 1. The number of hydrogen-bond donors (Lipinski definition) is 6. The van der Waals surface area contributed by atoms with Crippen molar-refractivity contribution in [2.24, 2.45) is 5.41 Å². The Hall–Kier alpha value is -7.03. The number of β-amino-alcohol motifs (C(OH)–C–C–N with tert-alkyl or cyclic N) is 1. The largest absolute Gasteiger partial charge is 0.391 e. The summed E-state index contributed by atoms with van der Waals surface area (Å²) in [5.74, 6) is -1.10. The third-order valence-electron chi connectivity index (χ3n) is 10.8. The van der Waals surface area contributed by atoms with E-state index in [4.69, 9.17) is 15.5 Å². The van der Waals surface area contributed by atoms with Crippen LogP contribution in [0.15, 0.2) is 85.0 Å². The number of hydrogen-bond acceptors (Lipinski definition) is 15. The van der Waals surface area contributed by atoms with Crippen molar-refractivity contribution in [1.82, 2.24) is 50.2 Å². The number of benzene rings is 2. The molecule has 1 saturated heterocycles. The molecule has 2 aromatic carbocycles. The molecule has 340 valence electrons. The lowest BCUT2D eigenvalue weighted by atomic mass is 9.85. The van der Waals surface area contributed by atoms with Crippen LogP contribution in [0.3, 0.4) is 0 Å². The van der Waals surface area contributed by atoms with Gasteiger partial charge in [-0.15, -0.1) is 11.3 Å². The van der Waals surface area contributed by atoms with Gasteiger partial charge in [0.2, 0.25) is 23.6 Å². The minimum absolute atomic E-state index is 0.0535. The lowest BCUT2D eigenvalue weighted by Crippen LogP contribution is -2.58. The lowest BCUT2D eigenvalue weighted by Gasteiger charge is -2.35. The number of imidazole rings is 1. The fourth-order valence-corrected chi connectivity index (χ4v) is 8.15. The average Bonchev–Trinajstić information content (AvgIpc) is 4.04. The summed E-state index contributed by atoms with van der Waals surface area (Å²) in [6, 6.07) is 13.5. The van der Waals surface area contributed by atoms with Gasteiger partial charge in [-0.3, -0.25) is 24.2 Å². The van der Waals surface area contributed by atoms with Crippen LogP contribution in [0.25, 0.3) is 27.5 Å². The standard InChI is InChI=1S/C45H53N13O6S/c1-27-39(65-26-51-27)29-8-6-28(7-9-29)19-50-43(62)35-18-32(59)22-58(35)44(63)40(45(2,3)4)55-38(61)25-64-24-37(60)48-14-16-56(5)31-12-10-30(11-13-31)52-41-42-49-15-17-57(42)23-34(54-41)33-20-47-21-36(46)53-33/h6-13,15,17,20-21,23,26,32,35,40,59H,14,16,18-19,22,24-25H2,1-5H3,(H2,46,53)(H,48,60)(H,50,62)(H,52,54)(H,55,61)/t32-,35+,40-/m1/s1. The van der Waals surface area contributed by atoms with E-state index in [0.717, 1.165) is 33.1 Å². The van der Waals surface area contributed by atoms with Gasteiger partial charge in [-0.25, -0.2) is 19.9 Å². The van der Waals surface area contributed by atoms with E-state index in [1.165, 1.54) is 11.1 Å². The molecule has 6 aromatic rings. The molecule has 19 nitrogen and oxygen atoms in total. The summed E-state index contributed by atoms with van der Waals surface area (Å²) in [7, 11) is 1.90. The number of carbonyl (C=O) groups excluding carboxylic acids is 4. The van der Waals surface area contributed by atoms with E-state index in [9.17, 15) is 24.3 Å². The number of nitrogens with zero attached hydrogens (tertiary/aromatic N) is 8. The van der Waals surface area contributed by atoms with Crippen LogP contribution in [0.4, 0.5) is 23.0 Å². The first-order valence-corrected chi connectivity index (χ1v) is 21.9. The molecule has 0 bridgehead atoms. The Balaban J connectivity index is 0.842. The molecule has 4 amide bonds. The van der Waals surface area contributed by atoms with Gasteiger partial charge in [-0.1, -0.05) is 45.0 Å². The van der Waals surface area contributed by atoms with Crippen LogP contribution < -0.4 is 31.9 Å². The van der Waals surface area contributed by atoms with Crippen LogP contribution >= 0.6 is 11.3 Å². The normalized spacial score (nSPS) is 15.4. The molecule has 1 aliphatic rings. The molecular formula is C45H53N13O6S. The number of nitrogens with one attached hydrogen (secondary N) is 4. The molecule has 3 atom stereocenters. The molecule has 0 radical (unpaired) electrons. The number of rotatable bonds is 17. The number of aliphatic hydroxyl groups is 1. The smallest absolute Gasteiger partial charge is 0.246 e. The Bertz CT molecular complexity index is 2630. The Kier molecular flexibility index (Phi) is 14.3. The monoisotopic (exact) mass is 903 g/mol. The van der Waals surface area contributed by atoms with Gasteiger partial charge < -0.3 is 51.0 Å². The van der Waals surface area contributed by atoms with Gasteiger partial charge >= 0.3 is 0 Å². The van der Waals surface area contributed by atoms with E-state index >= 15 is 0 Å². The van der Waals surface area contributed by atoms with Gasteiger partial charge in [0, 0.05) is 69.6 Å². The number of likely N-dealkylation sites (tertiary alicyclic amines) is 1. The zero-order valence-corrected chi connectivity index (χ0v) is 37.6. The highest BCUT2D eigenvalue weighted by Gasteiger charge is 2.44. The summed E-state index contributed by atoms with van der Waals surface area (Å²) in [6.45, 7) is 7.47. The predicted molar refractivity (Wildman–Crippen MR) is 247 cm³/mol. The molecule has 20 heteroatoms. The fraction of sp³-hybridized carbons (Fsp3) is 0.356. The number of fused-ring (bicyclic) bond motifs is 1. The molecule has 65 heavy (non-hydrogen) atoms. The first-order valence-electron chi connectivity index (χ1n) is 21.0. The average molecular weight is 904 g/mol. The van der Waals surface area contributed by atoms with Gasteiger partial charge in [0.25, 0.3) is 0 Å². The molecule has 0 saturated carbocycles. The quantitative estimate of drug-likeness (QED) is 0.0769. The van der Waals surface area contributed by atoms with E-state index in [0.29, 0.717) is 35.9 Å². The van der Waals surface area contributed by atoms with Gasteiger partial charge in [0.15, 0.2) is 11.5 Å². The molecule has 1 aliphatic heterocycles. The number of aromatic nitrogens is 6. The molecule has 7 N–H and O–H groups in total. The third kappa shape index (κ3) is 11.6. The summed E-state index contributed by atoms with van der Waals surface area (Å²) in [5, 5.41) is 22.3. The molecule has 0 spiro atoms.